The molecule has 0 saturated carbocycles. The summed E-state index contributed by atoms with van der Waals surface area (Å²) in [7, 11) is 4.23. The summed E-state index contributed by atoms with van der Waals surface area (Å²) in [5, 5.41) is 4.49. The van der Waals surface area contributed by atoms with Crippen LogP contribution in [0.25, 0.3) is 0 Å². The second-order valence-corrected chi connectivity index (χ2v) is 6.83. The smallest absolute Gasteiger partial charge is 0.244 e. The topological polar surface area (TPSA) is 41.4 Å². The maximum Gasteiger partial charge on any atom is 0.244 e. The van der Waals surface area contributed by atoms with Crippen molar-refractivity contribution in [3.8, 4) is 0 Å². The lowest BCUT2D eigenvalue weighted by molar-refractivity contribution is -0.131. The van der Waals surface area contributed by atoms with E-state index in [-0.39, 0.29) is 5.91 Å². The normalized spacial score (nSPS) is 21.9. The van der Waals surface area contributed by atoms with Gasteiger partial charge in [0.05, 0.1) is 5.69 Å². The van der Waals surface area contributed by atoms with Crippen molar-refractivity contribution in [2.24, 2.45) is 5.92 Å². The largest absolute Gasteiger partial charge is 0.339 e. The Morgan fingerprint density at radius 2 is 1.95 bits per heavy atom. The van der Waals surface area contributed by atoms with Gasteiger partial charge in [0.1, 0.15) is 6.54 Å². The molecule has 1 aromatic heterocycles. The van der Waals surface area contributed by atoms with E-state index < -0.39 is 0 Å². The number of likely N-dealkylation sites (tertiary alicyclic amines) is 1. The molecule has 1 amide bonds. The van der Waals surface area contributed by atoms with Crippen molar-refractivity contribution in [3.05, 3.63) is 17.0 Å². The van der Waals surface area contributed by atoms with Crippen LogP contribution in [0.2, 0.25) is 0 Å². The second kappa shape index (κ2) is 6.82. The molecule has 2 heterocycles. The van der Waals surface area contributed by atoms with E-state index in [1.165, 1.54) is 18.4 Å². The summed E-state index contributed by atoms with van der Waals surface area (Å²) < 4.78 is 1.85. The zero-order valence-corrected chi connectivity index (χ0v) is 14.9. The van der Waals surface area contributed by atoms with Crippen molar-refractivity contribution in [1.82, 2.24) is 19.6 Å². The summed E-state index contributed by atoms with van der Waals surface area (Å²) in [6.07, 6.45) is 2.36. The van der Waals surface area contributed by atoms with Gasteiger partial charge in [-0.05, 0) is 52.8 Å². The van der Waals surface area contributed by atoms with Crippen molar-refractivity contribution >= 4 is 5.91 Å². The van der Waals surface area contributed by atoms with Crippen molar-refractivity contribution < 1.29 is 4.79 Å². The summed E-state index contributed by atoms with van der Waals surface area (Å²) in [5.74, 6) is 0.780. The average molecular weight is 306 g/mol. The maximum atomic E-state index is 12.7. The molecule has 5 heteroatoms. The molecule has 2 atom stereocenters. The number of likely N-dealkylation sites (N-methyl/N-ethyl adjacent to an activating group) is 1. The van der Waals surface area contributed by atoms with Crippen LogP contribution in [-0.2, 0) is 11.3 Å². The van der Waals surface area contributed by atoms with Gasteiger partial charge in [-0.1, -0.05) is 13.3 Å². The van der Waals surface area contributed by atoms with Gasteiger partial charge in [-0.2, -0.15) is 5.10 Å². The zero-order valence-electron chi connectivity index (χ0n) is 14.9. The first-order chi connectivity index (χ1) is 10.3. The first kappa shape index (κ1) is 17.0. The van der Waals surface area contributed by atoms with Gasteiger partial charge < -0.3 is 9.80 Å². The fraction of sp³-hybridized carbons (Fsp3) is 0.765. The van der Waals surface area contributed by atoms with E-state index in [1.807, 2.05) is 23.4 Å². The van der Waals surface area contributed by atoms with E-state index in [9.17, 15) is 4.79 Å². The standard InChI is InChI=1S/C17H30N4O/c1-7-8-15-9-20(10-16(15)19(5)6)17(22)11-21-14(4)12(2)13(3)18-21/h15-16H,7-11H2,1-6H3/t15-,16-/m0/s1. The SMILES string of the molecule is CCC[C@H]1CN(C(=O)Cn2nc(C)c(C)c2C)C[C@@H]1N(C)C. The molecular weight excluding hydrogens is 276 g/mol. The third-order valence-corrected chi connectivity index (χ3v) is 5.11. The van der Waals surface area contributed by atoms with E-state index in [4.69, 9.17) is 0 Å². The fourth-order valence-corrected chi connectivity index (χ4v) is 3.47. The quantitative estimate of drug-likeness (QED) is 0.835. The van der Waals surface area contributed by atoms with Crippen LogP contribution in [0.5, 0.6) is 0 Å². The maximum absolute atomic E-state index is 12.7. The third kappa shape index (κ3) is 3.35. The Bertz CT molecular complexity index is 535. The van der Waals surface area contributed by atoms with E-state index in [2.05, 4.69) is 37.9 Å². The molecule has 0 radical (unpaired) electrons. The van der Waals surface area contributed by atoms with Gasteiger partial charge >= 0.3 is 0 Å². The van der Waals surface area contributed by atoms with Crippen LogP contribution in [0.1, 0.15) is 36.7 Å². The van der Waals surface area contributed by atoms with E-state index in [1.54, 1.807) is 0 Å². The molecule has 1 aliphatic heterocycles. The summed E-state index contributed by atoms with van der Waals surface area (Å²) in [6, 6.07) is 0.478. The summed E-state index contributed by atoms with van der Waals surface area (Å²) in [5.41, 5.74) is 3.30. The Morgan fingerprint density at radius 3 is 2.45 bits per heavy atom. The lowest BCUT2D eigenvalue weighted by Gasteiger charge is -2.24. The van der Waals surface area contributed by atoms with E-state index in [0.717, 1.165) is 24.5 Å². The first-order valence-electron chi connectivity index (χ1n) is 8.29. The number of rotatable bonds is 5. The third-order valence-electron chi connectivity index (χ3n) is 5.11. The van der Waals surface area contributed by atoms with Crippen LogP contribution in [0.4, 0.5) is 0 Å². The van der Waals surface area contributed by atoms with Gasteiger partial charge in [-0.3, -0.25) is 9.48 Å². The molecular formula is C17H30N4O. The molecule has 0 N–H and O–H groups in total. The van der Waals surface area contributed by atoms with Gasteiger partial charge in [0, 0.05) is 24.8 Å². The van der Waals surface area contributed by atoms with Crippen LogP contribution in [0.3, 0.4) is 0 Å². The molecule has 0 spiro atoms. The highest BCUT2D eigenvalue weighted by Crippen LogP contribution is 2.25. The lowest BCUT2D eigenvalue weighted by atomic mass is 9.98. The van der Waals surface area contributed by atoms with Gasteiger partial charge in [0.2, 0.25) is 5.91 Å². The van der Waals surface area contributed by atoms with Crippen molar-refractivity contribution in [2.75, 3.05) is 27.2 Å². The molecule has 0 aliphatic carbocycles. The predicted molar refractivity (Wildman–Crippen MR) is 88.9 cm³/mol. The summed E-state index contributed by atoms with van der Waals surface area (Å²) in [6.45, 7) is 10.4. The second-order valence-electron chi connectivity index (χ2n) is 6.83. The summed E-state index contributed by atoms with van der Waals surface area (Å²) >= 11 is 0. The van der Waals surface area contributed by atoms with E-state index >= 15 is 0 Å². The number of amides is 1. The number of carbonyl (C=O) groups is 1. The van der Waals surface area contributed by atoms with Gasteiger partial charge in [0.25, 0.3) is 0 Å². The Morgan fingerprint density at radius 1 is 1.27 bits per heavy atom. The predicted octanol–water partition coefficient (Wildman–Crippen LogP) is 2.00. The molecule has 2 rings (SSSR count). The Labute approximate surface area is 134 Å². The molecule has 0 unspecified atom stereocenters. The number of hydrogen-bond donors (Lipinski definition) is 0. The molecule has 1 fully saturated rings. The highest BCUT2D eigenvalue weighted by molar-refractivity contribution is 5.76. The monoisotopic (exact) mass is 306 g/mol. The fourth-order valence-electron chi connectivity index (χ4n) is 3.47. The minimum atomic E-state index is 0.191. The molecule has 5 nitrogen and oxygen atoms in total. The highest BCUT2D eigenvalue weighted by atomic mass is 16.2. The van der Waals surface area contributed by atoms with Crippen LogP contribution >= 0.6 is 0 Å². The number of aryl methyl sites for hydroxylation is 1. The van der Waals surface area contributed by atoms with Gasteiger partial charge in [-0.25, -0.2) is 0 Å². The Kier molecular flexibility index (Phi) is 5.27. The van der Waals surface area contributed by atoms with Crippen LogP contribution in [0, 0.1) is 26.7 Å². The van der Waals surface area contributed by atoms with Crippen LogP contribution in [0.15, 0.2) is 0 Å². The van der Waals surface area contributed by atoms with Crippen LogP contribution < -0.4 is 0 Å². The summed E-state index contributed by atoms with van der Waals surface area (Å²) in [4.78, 5) is 16.9. The van der Waals surface area contributed by atoms with Crippen molar-refractivity contribution in [3.63, 3.8) is 0 Å². The molecule has 1 aliphatic rings. The molecule has 124 valence electrons. The highest BCUT2D eigenvalue weighted by Gasteiger charge is 2.35. The molecule has 1 aromatic rings. The Balaban J connectivity index is 2.05. The van der Waals surface area contributed by atoms with Crippen molar-refractivity contribution in [2.45, 2.75) is 53.1 Å². The minimum absolute atomic E-state index is 0.191. The minimum Gasteiger partial charge on any atom is -0.339 e. The number of hydrogen-bond acceptors (Lipinski definition) is 3. The zero-order chi connectivity index (χ0) is 16.4. The molecule has 1 saturated heterocycles. The number of nitrogens with zero attached hydrogens (tertiary/aromatic N) is 4. The molecule has 22 heavy (non-hydrogen) atoms. The van der Waals surface area contributed by atoms with Gasteiger partial charge in [0.15, 0.2) is 0 Å². The first-order valence-corrected chi connectivity index (χ1v) is 8.29. The van der Waals surface area contributed by atoms with Crippen LogP contribution in [-0.4, -0.2) is 58.7 Å². The average Bonchev–Trinajstić information content (AvgIpc) is 2.98. The van der Waals surface area contributed by atoms with E-state index in [0.29, 0.717) is 18.5 Å². The number of carbonyl (C=O) groups excluding carboxylic acids is 1. The molecule has 0 aromatic carbocycles. The lowest BCUT2D eigenvalue weighted by Crippen LogP contribution is -2.37. The number of aromatic nitrogens is 2. The molecule has 0 bridgehead atoms. The van der Waals surface area contributed by atoms with Gasteiger partial charge in [-0.15, -0.1) is 0 Å². The Hall–Kier alpha value is -1.36. The van der Waals surface area contributed by atoms with Crippen molar-refractivity contribution in [1.29, 1.82) is 0 Å².